The van der Waals surface area contributed by atoms with Crippen molar-refractivity contribution in [2.24, 2.45) is 5.92 Å². The number of hydrogen-bond donors (Lipinski definition) is 1. The van der Waals surface area contributed by atoms with Gasteiger partial charge in [0.25, 0.3) is 0 Å². The first-order valence-corrected chi connectivity index (χ1v) is 11.1. The fourth-order valence-electron chi connectivity index (χ4n) is 3.87. The van der Waals surface area contributed by atoms with Gasteiger partial charge < -0.3 is 14.6 Å². The van der Waals surface area contributed by atoms with Gasteiger partial charge in [-0.2, -0.15) is 4.98 Å². The van der Waals surface area contributed by atoms with Crippen molar-refractivity contribution in [3.8, 4) is 11.4 Å². The number of hydrogen-bond acceptors (Lipinski definition) is 7. The van der Waals surface area contributed by atoms with Crippen LogP contribution in [0, 0.1) is 12.8 Å². The van der Waals surface area contributed by atoms with Gasteiger partial charge in [0.15, 0.2) is 0 Å². The fraction of sp³-hybridized carbons (Fsp3) is 0.333. The predicted octanol–water partition coefficient (Wildman–Crippen LogP) is 4.34. The highest BCUT2D eigenvalue weighted by molar-refractivity contribution is 6.33. The Balaban J connectivity index is 1.31. The number of aryl methyl sites for hydroxylation is 1. The first-order chi connectivity index (χ1) is 15.9. The topological polar surface area (TPSA) is 97.6 Å². The normalized spacial score (nSPS) is 14.8. The molecule has 2 aromatic carbocycles. The van der Waals surface area contributed by atoms with Crippen molar-refractivity contribution in [1.29, 1.82) is 0 Å². The lowest BCUT2D eigenvalue weighted by molar-refractivity contribution is -0.121. The van der Waals surface area contributed by atoms with Crippen LogP contribution in [-0.4, -0.2) is 47.1 Å². The van der Waals surface area contributed by atoms with Crippen molar-refractivity contribution in [3.63, 3.8) is 0 Å². The summed E-state index contributed by atoms with van der Waals surface area (Å²) in [6.07, 6.45) is 1.39. The average Bonchev–Trinajstić information content (AvgIpc) is 3.29. The van der Waals surface area contributed by atoms with Crippen LogP contribution in [0.2, 0.25) is 5.02 Å². The van der Waals surface area contributed by atoms with Gasteiger partial charge >= 0.3 is 5.97 Å². The Kier molecular flexibility index (Phi) is 7.05. The van der Waals surface area contributed by atoms with E-state index in [-0.39, 0.29) is 11.8 Å². The van der Waals surface area contributed by atoms with Crippen LogP contribution in [0.4, 0.5) is 5.69 Å². The van der Waals surface area contributed by atoms with E-state index in [0.29, 0.717) is 47.4 Å². The van der Waals surface area contributed by atoms with Crippen molar-refractivity contribution < 1.29 is 18.8 Å². The molecule has 172 valence electrons. The monoisotopic (exact) mass is 468 g/mol. The lowest BCUT2D eigenvalue weighted by atomic mass is 9.95. The zero-order valence-corrected chi connectivity index (χ0v) is 19.3. The molecule has 33 heavy (non-hydrogen) atoms. The number of benzene rings is 2. The number of aromatic nitrogens is 2. The van der Waals surface area contributed by atoms with E-state index >= 15 is 0 Å². The second-order valence-corrected chi connectivity index (χ2v) is 8.51. The van der Waals surface area contributed by atoms with Crippen LogP contribution in [0.25, 0.3) is 11.4 Å². The smallest absolute Gasteiger partial charge is 0.337 e. The van der Waals surface area contributed by atoms with Gasteiger partial charge in [-0.3, -0.25) is 9.69 Å². The third-order valence-corrected chi connectivity index (χ3v) is 6.04. The van der Waals surface area contributed by atoms with E-state index in [9.17, 15) is 9.59 Å². The quantitative estimate of drug-likeness (QED) is 0.537. The van der Waals surface area contributed by atoms with Gasteiger partial charge in [0.2, 0.25) is 17.6 Å². The van der Waals surface area contributed by atoms with Crippen LogP contribution in [-0.2, 0) is 16.1 Å². The molecule has 1 aliphatic heterocycles. The molecule has 9 heteroatoms. The molecule has 1 aromatic heterocycles. The van der Waals surface area contributed by atoms with Crippen LogP contribution in [0.1, 0.15) is 34.7 Å². The summed E-state index contributed by atoms with van der Waals surface area (Å²) >= 11 is 6.20. The standard InChI is InChI=1S/C24H25ClN4O4/c1-15-4-3-5-17(12-15)22-27-21(33-28-22)14-29-10-8-16(9-11-29)23(30)26-20-13-18(24(31)32-2)6-7-19(20)25/h3-7,12-13,16H,8-11,14H2,1-2H3,(H,26,30). The first-order valence-electron chi connectivity index (χ1n) is 10.7. The van der Waals surface area contributed by atoms with E-state index in [0.717, 1.165) is 24.2 Å². The van der Waals surface area contributed by atoms with Crippen molar-refractivity contribution >= 4 is 29.2 Å². The van der Waals surface area contributed by atoms with E-state index in [4.69, 9.17) is 20.9 Å². The largest absolute Gasteiger partial charge is 0.465 e. The summed E-state index contributed by atoms with van der Waals surface area (Å²) in [4.78, 5) is 31.2. The molecule has 0 saturated carbocycles. The highest BCUT2D eigenvalue weighted by Crippen LogP contribution is 2.26. The van der Waals surface area contributed by atoms with Crippen molar-refractivity contribution in [2.75, 3.05) is 25.5 Å². The van der Waals surface area contributed by atoms with E-state index in [1.54, 1.807) is 12.1 Å². The van der Waals surface area contributed by atoms with Crippen molar-refractivity contribution in [3.05, 3.63) is 64.5 Å². The molecule has 0 radical (unpaired) electrons. The Labute approximate surface area is 196 Å². The van der Waals surface area contributed by atoms with E-state index in [2.05, 4.69) is 20.4 Å². The van der Waals surface area contributed by atoms with Gasteiger partial charge in [0.1, 0.15) is 0 Å². The Morgan fingerprint density at radius 2 is 2.00 bits per heavy atom. The summed E-state index contributed by atoms with van der Waals surface area (Å²) in [7, 11) is 1.31. The molecule has 3 aromatic rings. The Hall–Kier alpha value is -3.23. The highest BCUT2D eigenvalue weighted by atomic mass is 35.5. The summed E-state index contributed by atoms with van der Waals surface area (Å²) in [5, 5.41) is 7.32. The molecule has 0 unspecified atom stereocenters. The number of amides is 1. The van der Waals surface area contributed by atoms with E-state index in [1.165, 1.54) is 13.2 Å². The molecule has 0 bridgehead atoms. The molecule has 0 atom stereocenters. The number of likely N-dealkylation sites (tertiary alicyclic amines) is 1. The summed E-state index contributed by atoms with van der Waals surface area (Å²) < 4.78 is 10.2. The molecule has 4 rings (SSSR count). The molecular weight excluding hydrogens is 444 g/mol. The molecule has 2 heterocycles. The Morgan fingerprint density at radius 1 is 1.21 bits per heavy atom. The maximum Gasteiger partial charge on any atom is 0.337 e. The summed E-state index contributed by atoms with van der Waals surface area (Å²) in [5.74, 6) is 0.389. The van der Waals surface area contributed by atoms with Gasteiger partial charge in [-0.05, 0) is 57.1 Å². The lowest BCUT2D eigenvalue weighted by Gasteiger charge is -2.30. The second kappa shape index (κ2) is 10.1. The van der Waals surface area contributed by atoms with Crippen LogP contribution < -0.4 is 5.32 Å². The Morgan fingerprint density at radius 3 is 2.73 bits per heavy atom. The first kappa shape index (κ1) is 22.9. The van der Waals surface area contributed by atoms with Crippen molar-refractivity contribution in [1.82, 2.24) is 15.0 Å². The van der Waals surface area contributed by atoms with Gasteiger partial charge in [0, 0.05) is 11.5 Å². The fourth-order valence-corrected chi connectivity index (χ4v) is 4.03. The number of esters is 1. The lowest BCUT2D eigenvalue weighted by Crippen LogP contribution is -2.37. The predicted molar refractivity (Wildman–Crippen MR) is 124 cm³/mol. The van der Waals surface area contributed by atoms with Gasteiger partial charge in [-0.1, -0.05) is 40.5 Å². The molecule has 1 saturated heterocycles. The minimum absolute atomic E-state index is 0.113. The number of ether oxygens (including phenoxy) is 1. The highest BCUT2D eigenvalue weighted by Gasteiger charge is 2.26. The average molecular weight is 469 g/mol. The number of nitrogens with zero attached hydrogens (tertiary/aromatic N) is 3. The molecule has 1 fully saturated rings. The Bertz CT molecular complexity index is 1150. The minimum Gasteiger partial charge on any atom is -0.465 e. The SMILES string of the molecule is COC(=O)c1ccc(Cl)c(NC(=O)C2CCN(Cc3nc(-c4cccc(C)c4)no3)CC2)c1. The van der Waals surface area contributed by atoms with Crippen LogP contribution >= 0.6 is 11.6 Å². The number of piperidine rings is 1. The number of methoxy groups -OCH3 is 1. The molecule has 0 aliphatic carbocycles. The molecular formula is C24H25ClN4O4. The maximum absolute atomic E-state index is 12.8. The van der Waals surface area contributed by atoms with Crippen molar-refractivity contribution in [2.45, 2.75) is 26.3 Å². The number of nitrogens with one attached hydrogen (secondary N) is 1. The minimum atomic E-state index is -0.484. The molecule has 8 nitrogen and oxygen atoms in total. The van der Waals surface area contributed by atoms with Crippen LogP contribution in [0.3, 0.4) is 0 Å². The number of halogens is 1. The molecule has 1 aliphatic rings. The maximum atomic E-state index is 12.8. The zero-order valence-electron chi connectivity index (χ0n) is 18.5. The van der Waals surface area contributed by atoms with Gasteiger partial charge in [-0.15, -0.1) is 0 Å². The zero-order chi connectivity index (χ0) is 23.4. The number of carbonyl (C=O) groups excluding carboxylic acids is 2. The number of carbonyl (C=O) groups is 2. The van der Waals surface area contributed by atoms with Crippen LogP contribution in [0.5, 0.6) is 0 Å². The number of rotatable bonds is 6. The summed E-state index contributed by atoms with van der Waals surface area (Å²) in [6, 6.07) is 12.6. The van der Waals surface area contributed by atoms with Gasteiger partial charge in [-0.25, -0.2) is 4.79 Å². The van der Waals surface area contributed by atoms with E-state index < -0.39 is 5.97 Å². The summed E-state index contributed by atoms with van der Waals surface area (Å²) in [6.45, 7) is 4.03. The van der Waals surface area contributed by atoms with Crippen LogP contribution in [0.15, 0.2) is 47.0 Å². The third-order valence-electron chi connectivity index (χ3n) is 5.71. The molecule has 1 amide bonds. The summed E-state index contributed by atoms with van der Waals surface area (Å²) in [5.41, 5.74) is 2.80. The van der Waals surface area contributed by atoms with Gasteiger partial charge in [0.05, 0.1) is 29.9 Å². The molecule has 1 N–H and O–H groups in total. The number of anilines is 1. The second-order valence-electron chi connectivity index (χ2n) is 8.11. The molecule has 0 spiro atoms. The van der Waals surface area contributed by atoms with E-state index in [1.807, 2.05) is 31.2 Å². The third kappa shape index (κ3) is 5.58.